The van der Waals surface area contributed by atoms with Gasteiger partial charge in [-0.1, -0.05) is 47.6 Å². The van der Waals surface area contributed by atoms with Crippen molar-refractivity contribution in [3.63, 3.8) is 0 Å². The molecular weight excluding hydrogens is 472 g/mol. The molecule has 0 radical (unpaired) electrons. The fourth-order valence-corrected chi connectivity index (χ4v) is 5.24. The standard InChI is InChI=1S/C29H26N2O4S/c1-19-24(30-28(34-19)21-9-5-3-6-10-21)15-16-25-23-14-13-20(17-26(23)35-31-25)18-27(29(32)33-2)36-22-11-7-4-8-12-22/h3-14,17,27H,15-16,18H2,1-2H3. The third-order valence-corrected chi connectivity index (χ3v) is 7.22. The molecule has 5 aromatic rings. The lowest BCUT2D eigenvalue weighted by Crippen LogP contribution is -2.21. The summed E-state index contributed by atoms with van der Waals surface area (Å²) in [6.45, 7) is 1.94. The number of benzene rings is 3. The van der Waals surface area contributed by atoms with Crippen LogP contribution in [0.25, 0.3) is 22.4 Å². The highest BCUT2D eigenvalue weighted by Crippen LogP contribution is 2.29. The van der Waals surface area contributed by atoms with E-state index in [4.69, 9.17) is 18.7 Å². The molecule has 0 saturated carbocycles. The van der Waals surface area contributed by atoms with Gasteiger partial charge in [0.25, 0.3) is 0 Å². The quantitative estimate of drug-likeness (QED) is 0.171. The fourth-order valence-electron chi connectivity index (χ4n) is 4.12. The number of esters is 1. The van der Waals surface area contributed by atoms with Crippen LogP contribution >= 0.6 is 11.8 Å². The molecule has 0 fully saturated rings. The molecule has 0 amide bonds. The molecule has 7 heteroatoms. The molecule has 1 unspecified atom stereocenters. The first-order valence-electron chi connectivity index (χ1n) is 11.8. The second kappa shape index (κ2) is 10.8. The largest absolute Gasteiger partial charge is 0.468 e. The normalized spacial score (nSPS) is 12.1. The zero-order valence-electron chi connectivity index (χ0n) is 20.1. The lowest BCUT2D eigenvalue weighted by atomic mass is 10.0. The van der Waals surface area contributed by atoms with E-state index < -0.39 is 0 Å². The van der Waals surface area contributed by atoms with E-state index in [1.54, 1.807) is 0 Å². The maximum Gasteiger partial charge on any atom is 0.319 e. The number of carbonyl (C=O) groups excluding carboxylic acids is 1. The van der Waals surface area contributed by atoms with Crippen LogP contribution in [-0.4, -0.2) is 28.5 Å². The molecule has 2 heterocycles. The topological polar surface area (TPSA) is 78.4 Å². The van der Waals surface area contributed by atoms with Crippen LogP contribution in [-0.2, 0) is 28.8 Å². The van der Waals surface area contributed by atoms with Gasteiger partial charge in [-0.05, 0) is 68.1 Å². The van der Waals surface area contributed by atoms with Gasteiger partial charge >= 0.3 is 5.97 Å². The van der Waals surface area contributed by atoms with E-state index in [-0.39, 0.29) is 11.2 Å². The number of aromatic nitrogens is 2. The van der Waals surface area contributed by atoms with Crippen LogP contribution in [0, 0.1) is 6.92 Å². The zero-order chi connectivity index (χ0) is 24.9. The van der Waals surface area contributed by atoms with Crippen LogP contribution in [0.3, 0.4) is 0 Å². The molecule has 5 rings (SSSR count). The monoisotopic (exact) mass is 498 g/mol. The maximum absolute atomic E-state index is 12.4. The Kier molecular flexibility index (Phi) is 7.18. The van der Waals surface area contributed by atoms with Gasteiger partial charge in [0.05, 0.1) is 18.5 Å². The SMILES string of the molecule is COC(=O)C(Cc1ccc2c(CCc3nc(-c4ccccc4)oc3C)noc2c1)Sc1ccccc1. The summed E-state index contributed by atoms with van der Waals surface area (Å²) in [7, 11) is 1.42. The maximum atomic E-state index is 12.4. The van der Waals surface area contributed by atoms with E-state index in [2.05, 4.69) is 5.16 Å². The first-order valence-corrected chi connectivity index (χ1v) is 12.7. The summed E-state index contributed by atoms with van der Waals surface area (Å²) in [6.07, 6.45) is 1.91. The smallest absolute Gasteiger partial charge is 0.319 e. The molecule has 0 spiro atoms. The number of methoxy groups -OCH3 is 1. The minimum absolute atomic E-state index is 0.250. The Morgan fingerprint density at radius 1 is 0.972 bits per heavy atom. The zero-order valence-corrected chi connectivity index (χ0v) is 21.0. The van der Waals surface area contributed by atoms with E-state index in [1.165, 1.54) is 18.9 Å². The summed E-state index contributed by atoms with van der Waals surface area (Å²) in [5.74, 6) is 1.19. The van der Waals surface area contributed by atoms with E-state index in [9.17, 15) is 4.79 Å². The van der Waals surface area contributed by atoms with Gasteiger partial charge in [-0.3, -0.25) is 4.79 Å². The molecule has 0 bridgehead atoms. The van der Waals surface area contributed by atoms with Gasteiger partial charge < -0.3 is 13.7 Å². The molecule has 0 aliphatic rings. The Hall–Kier alpha value is -3.84. The number of nitrogens with zero attached hydrogens (tertiary/aromatic N) is 2. The number of thioether (sulfide) groups is 1. The van der Waals surface area contributed by atoms with Crippen molar-refractivity contribution in [3.05, 3.63) is 102 Å². The first-order chi connectivity index (χ1) is 17.6. The lowest BCUT2D eigenvalue weighted by Gasteiger charge is -2.14. The minimum Gasteiger partial charge on any atom is -0.468 e. The second-order valence-corrected chi connectivity index (χ2v) is 9.77. The van der Waals surface area contributed by atoms with Gasteiger partial charge in [0, 0.05) is 15.8 Å². The Bertz CT molecular complexity index is 1460. The molecule has 0 aliphatic heterocycles. The number of oxazole rings is 1. The van der Waals surface area contributed by atoms with Gasteiger partial charge in [0.1, 0.15) is 11.0 Å². The van der Waals surface area contributed by atoms with Crippen molar-refractivity contribution in [2.75, 3.05) is 7.11 Å². The number of ether oxygens (including phenoxy) is 1. The van der Waals surface area contributed by atoms with Gasteiger partial charge in [-0.25, -0.2) is 4.98 Å². The second-order valence-electron chi connectivity index (χ2n) is 8.49. The van der Waals surface area contributed by atoms with E-state index in [0.717, 1.165) is 38.6 Å². The van der Waals surface area contributed by atoms with Gasteiger partial charge in [0.2, 0.25) is 5.89 Å². The number of hydrogen-bond donors (Lipinski definition) is 0. The Labute approximate surface area is 213 Å². The fraction of sp³-hybridized carbons (Fsp3) is 0.207. The van der Waals surface area contributed by atoms with Gasteiger partial charge in [-0.2, -0.15) is 0 Å². The molecule has 0 saturated heterocycles. The Balaban J connectivity index is 1.29. The van der Waals surface area contributed by atoms with Crippen LogP contribution in [0.15, 0.2) is 92.7 Å². The molecule has 36 heavy (non-hydrogen) atoms. The number of rotatable bonds is 9. The summed E-state index contributed by atoms with van der Waals surface area (Å²) >= 11 is 1.50. The molecule has 0 N–H and O–H groups in total. The number of carbonyl (C=O) groups is 1. The van der Waals surface area contributed by atoms with Gasteiger partial charge in [0.15, 0.2) is 5.58 Å². The number of hydrogen-bond acceptors (Lipinski definition) is 7. The summed E-state index contributed by atoms with van der Waals surface area (Å²) in [5, 5.41) is 4.92. The van der Waals surface area contributed by atoms with Crippen molar-refractivity contribution in [2.24, 2.45) is 0 Å². The molecule has 182 valence electrons. The third-order valence-electron chi connectivity index (χ3n) is 6.03. The first kappa shape index (κ1) is 23.9. The van der Waals surface area contributed by atoms with E-state index >= 15 is 0 Å². The van der Waals surface area contributed by atoms with Crippen molar-refractivity contribution in [3.8, 4) is 11.5 Å². The van der Waals surface area contributed by atoms with Crippen LogP contribution < -0.4 is 0 Å². The summed E-state index contributed by atoms with van der Waals surface area (Å²) in [6, 6.07) is 25.8. The average molecular weight is 499 g/mol. The van der Waals surface area contributed by atoms with Crippen LogP contribution in [0.4, 0.5) is 0 Å². The average Bonchev–Trinajstić information content (AvgIpc) is 3.50. The molecule has 3 aromatic carbocycles. The van der Waals surface area contributed by atoms with E-state index in [1.807, 2.05) is 85.8 Å². The van der Waals surface area contributed by atoms with Crippen LogP contribution in [0.1, 0.15) is 22.7 Å². The predicted octanol–water partition coefficient (Wildman–Crippen LogP) is 6.45. The van der Waals surface area contributed by atoms with Crippen molar-refractivity contribution >= 4 is 28.7 Å². The summed E-state index contributed by atoms with van der Waals surface area (Å²) in [4.78, 5) is 18.2. The van der Waals surface area contributed by atoms with Crippen molar-refractivity contribution in [1.29, 1.82) is 0 Å². The summed E-state index contributed by atoms with van der Waals surface area (Å²) < 4.78 is 16.6. The van der Waals surface area contributed by atoms with Crippen molar-refractivity contribution in [2.45, 2.75) is 36.3 Å². The Morgan fingerprint density at radius 3 is 2.44 bits per heavy atom. The highest BCUT2D eigenvalue weighted by atomic mass is 32.2. The summed E-state index contributed by atoms with van der Waals surface area (Å²) in [5.41, 5.74) is 4.45. The van der Waals surface area contributed by atoms with E-state index in [0.29, 0.717) is 30.7 Å². The third kappa shape index (κ3) is 5.36. The highest BCUT2D eigenvalue weighted by molar-refractivity contribution is 8.00. The van der Waals surface area contributed by atoms with Crippen molar-refractivity contribution in [1.82, 2.24) is 10.1 Å². The number of aryl methyl sites for hydroxylation is 3. The van der Waals surface area contributed by atoms with Crippen molar-refractivity contribution < 1.29 is 18.5 Å². The highest BCUT2D eigenvalue weighted by Gasteiger charge is 2.22. The minimum atomic E-state index is -0.355. The van der Waals surface area contributed by atoms with Crippen LogP contribution in [0.2, 0.25) is 0 Å². The van der Waals surface area contributed by atoms with Crippen LogP contribution in [0.5, 0.6) is 0 Å². The lowest BCUT2D eigenvalue weighted by molar-refractivity contribution is -0.139. The molecular formula is C29H26N2O4S. The molecule has 6 nitrogen and oxygen atoms in total. The number of fused-ring (bicyclic) bond motifs is 1. The predicted molar refractivity (Wildman–Crippen MR) is 140 cm³/mol. The molecule has 1 atom stereocenters. The Morgan fingerprint density at radius 2 is 1.69 bits per heavy atom. The molecule has 2 aromatic heterocycles. The van der Waals surface area contributed by atoms with Gasteiger partial charge in [-0.15, -0.1) is 11.8 Å². The molecule has 0 aliphatic carbocycles.